The molecule has 1 aliphatic carbocycles. The smallest absolute Gasteiger partial charge is 0.259 e. The van der Waals surface area contributed by atoms with Gasteiger partial charge in [0.25, 0.3) is 5.56 Å². The molecule has 4 heterocycles. The number of aryl methyl sites for hydroxylation is 1. The molecule has 1 aromatic carbocycles. The van der Waals surface area contributed by atoms with Crippen molar-refractivity contribution in [2.75, 3.05) is 37.5 Å². The highest BCUT2D eigenvalue weighted by Crippen LogP contribution is 2.45. The van der Waals surface area contributed by atoms with Gasteiger partial charge in [-0.05, 0) is 31.4 Å². The fraction of sp³-hybridized carbons (Fsp3) is 0.367. The number of carbonyl (C=O) groups is 1. The average molecular weight is 640 g/mol. The van der Waals surface area contributed by atoms with E-state index in [1.807, 2.05) is 16.9 Å². The van der Waals surface area contributed by atoms with Gasteiger partial charge in [-0.2, -0.15) is 10.1 Å². The van der Waals surface area contributed by atoms with Crippen LogP contribution in [0.2, 0.25) is 10.0 Å². The van der Waals surface area contributed by atoms with E-state index in [1.165, 1.54) is 31.3 Å². The molecule has 14 heteroatoms. The molecule has 0 unspecified atom stereocenters. The summed E-state index contributed by atoms with van der Waals surface area (Å²) in [5.74, 6) is 1.52. The number of nitrogens with one attached hydrogen (secondary N) is 2. The van der Waals surface area contributed by atoms with Gasteiger partial charge in [-0.25, -0.2) is 4.98 Å². The van der Waals surface area contributed by atoms with Gasteiger partial charge in [-0.1, -0.05) is 29.8 Å². The topological polar surface area (TPSA) is 128 Å². The molecule has 1 amide bonds. The third kappa shape index (κ3) is 5.32. The van der Waals surface area contributed by atoms with Crippen LogP contribution in [0.4, 0.5) is 11.8 Å². The van der Waals surface area contributed by atoms with Crippen LogP contribution < -0.4 is 30.6 Å². The van der Waals surface area contributed by atoms with Crippen molar-refractivity contribution in [2.24, 2.45) is 7.05 Å². The largest absolute Gasteiger partial charge is 0.495 e. The van der Waals surface area contributed by atoms with E-state index in [4.69, 9.17) is 37.8 Å². The Labute approximate surface area is 263 Å². The second kappa shape index (κ2) is 12.0. The van der Waals surface area contributed by atoms with Crippen molar-refractivity contribution in [1.29, 1.82) is 0 Å². The summed E-state index contributed by atoms with van der Waals surface area (Å²) < 4.78 is 14.2. The number of hydrogen-bond donors (Lipinski definition) is 2. The minimum absolute atomic E-state index is 0.185. The highest BCUT2D eigenvalue weighted by molar-refractivity contribution is 6.41. The fourth-order valence-corrected chi connectivity index (χ4v) is 6.36. The lowest BCUT2D eigenvalue weighted by Crippen LogP contribution is -2.45. The predicted molar refractivity (Wildman–Crippen MR) is 170 cm³/mol. The van der Waals surface area contributed by atoms with Crippen LogP contribution in [0.25, 0.3) is 22.2 Å². The van der Waals surface area contributed by atoms with Gasteiger partial charge in [-0.3, -0.25) is 18.8 Å². The van der Waals surface area contributed by atoms with Crippen LogP contribution in [-0.4, -0.2) is 69.6 Å². The normalized spacial score (nSPS) is 18.2. The monoisotopic (exact) mass is 638 g/mol. The lowest BCUT2D eigenvalue weighted by Gasteiger charge is -2.25. The lowest BCUT2D eigenvalue weighted by molar-refractivity contribution is -0.117. The number of carbonyl (C=O) groups excluding carboxylic acids is 1. The summed E-state index contributed by atoms with van der Waals surface area (Å²) in [6.45, 7) is 4.68. The Balaban J connectivity index is 1.31. The van der Waals surface area contributed by atoms with Crippen LogP contribution in [0.1, 0.15) is 25.3 Å². The molecule has 3 aromatic heterocycles. The first-order valence-corrected chi connectivity index (χ1v) is 14.9. The summed E-state index contributed by atoms with van der Waals surface area (Å²) in [6.07, 6.45) is 8.39. The van der Waals surface area contributed by atoms with Crippen molar-refractivity contribution in [2.45, 2.75) is 37.4 Å². The molecule has 4 aromatic rings. The first kappa shape index (κ1) is 29.8. The SMILES string of the molecule is C=CC(=O)N[C@@H]1CN(c2ccn(C3CCC3)n2)C[C@@H]1Nc1ncc2cc(-c3c(Cl)c(OC)cc(OC)c3Cl)c(=O)n(C)c2n1. The van der Waals surface area contributed by atoms with E-state index in [0.29, 0.717) is 53.2 Å². The first-order valence-electron chi connectivity index (χ1n) is 14.2. The number of pyridine rings is 1. The fourth-order valence-electron chi connectivity index (χ4n) is 5.66. The van der Waals surface area contributed by atoms with Crippen LogP contribution in [0.15, 0.2) is 48.0 Å². The van der Waals surface area contributed by atoms with Gasteiger partial charge in [0.1, 0.15) is 17.1 Å². The molecule has 0 radical (unpaired) electrons. The van der Waals surface area contributed by atoms with E-state index >= 15 is 0 Å². The van der Waals surface area contributed by atoms with Gasteiger partial charge in [0.2, 0.25) is 11.9 Å². The second-order valence-electron chi connectivity index (χ2n) is 10.9. The van der Waals surface area contributed by atoms with Crippen molar-refractivity contribution in [1.82, 2.24) is 29.6 Å². The molecule has 0 bridgehead atoms. The van der Waals surface area contributed by atoms with Crippen molar-refractivity contribution < 1.29 is 14.3 Å². The first-order chi connectivity index (χ1) is 21.2. The van der Waals surface area contributed by atoms with Crippen LogP contribution in [0, 0.1) is 0 Å². The number of rotatable bonds is 9. The minimum atomic E-state index is -0.369. The number of nitrogens with zero attached hydrogens (tertiary/aromatic N) is 6. The maximum atomic E-state index is 13.6. The Morgan fingerprint density at radius 3 is 2.45 bits per heavy atom. The molecular formula is C30H32Cl2N8O4. The highest BCUT2D eigenvalue weighted by atomic mass is 35.5. The standard InChI is InChI=1S/C30H32Cl2N8O4/c1-5-24(41)34-19-14-39(23-9-10-40(37-23)17-7-6-8-17)15-20(19)35-30-33-13-16-11-18(29(42)38(2)28(16)36-30)25-26(31)21(43-3)12-22(44-4)27(25)32/h5,9-13,17,19-20H,1,6-8,14-15H2,2-4H3,(H,34,41)(H,33,35,36)/t19-,20+/m1/s1. The Hall–Kier alpha value is -4.29. The molecule has 44 heavy (non-hydrogen) atoms. The highest BCUT2D eigenvalue weighted by Gasteiger charge is 2.36. The number of amides is 1. The predicted octanol–water partition coefficient (Wildman–Crippen LogP) is 4.21. The minimum Gasteiger partial charge on any atom is -0.495 e. The number of halogens is 2. The number of hydrogen-bond acceptors (Lipinski definition) is 9. The number of methoxy groups -OCH3 is 2. The third-order valence-corrected chi connectivity index (χ3v) is 9.06. The number of anilines is 2. The van der Waals surface area contributed by atoms with Gasteiger partial charge in [0, 0.05) is 55.6 Å². The summed E-state index contributed by atoms with van der Waals surface area (Å²) in [5, 5.41) is 12.1. The van der Waals surface area contributed by atoms with Gasteiger partial charge in [0.15, 0.2) is 5.82 Å². The van der Waals surface area contributed by atoms with Crippen molar-refractivity contribution in [3.05, 3.63) is 63.6 Å². The Morgan fingerprint density at radius 1 is 1.11 bits per heavy atom. The third-order valence-electron chi connectivity index (χ3n) is 8.31. The molecule has 1 saturated carbocycles. The molecule has 0 spiro atoms. The van der Waals surface area contributed by atoms with E-state index in [-0.39, 0.29) is 39.2 Å². The second-order valence-corrected chi connectivity index (χ2v) is 11.6. The summed E-state index contributed by atoms with van der Waals surface area (Å²) in [4.78, 5) is 37.3. The molecule has 2 N–H and O–H groups in total. The Bertz CT molecular complexity index is 1790. The zero-order valence-electron chi connectivity index (χ0n) is 24.5. The van der Waals surface area contributed by atoms with Gasteiger partial charge in [0.05, 0.1) is 48.0 Å². The maximum absolute atomic E-state index is 13.6. The molecule has 6 rings (SSSR count). The molecule has 2 fully saturated rings. The molecule has 2 aliphatic rings. The number of aromatic nitrogens is 5. The van der Waals surface area contributed by atoms with E-state index in [0.717, 1.165) is 18.7 Å². The van der Waals surface area contributed by atoms with Crippen LogP contribution in [0.3, 0.4) is 0 Å². The molecular weight excluding hydrogens is 607 g/mol. The van der Waals surface area contributed by atoms with Crippen molar-refractivity contribution >= 4 is 51.9 Å². The van der Waals surface area contributed by atoms with Gasteiger partial charge in [-0.15, -0.1) is 0 Å². The van der Waals surface area contributed by atoms with Gasteiger partial charge >= 0.3 is 0 Å². The van der Waals surface area contributed by atoms with Crippen LogP contribution >= 0.6 is 23.2 Å². The average Bonchev–Trinajstić information content (AvgIpc) is 3.62. The number of fused-ring (bicyclic) bond motifs is 1. The van der Waals surface area contributed by atoms with E-state index in [2.05, 4.69) is 32.1 Å². The zero-order chi connectivity index (χ0) is 31.1. The van der Waals surface area contributed by atoms with Crippen LogP contribution in [0.5, 0.6) is 11.5 Å². The Morgan fingerprint density at radius 2 is 1.82 bits per heavy atom. The van der Waals surface area contributed by atoms with Gasteiger partial charge < -0.3 is 25.0 Å². The Kier molecular flexibility index (Phi) is 8.12. The van der Waals surface area contributed by atoms with E-state index in [1.54, 1.807) is 25.4 Å². The summed E-state index contributed by atoms with van der Waals surface area (Å²) in [5.41, 5.74) is 0.572. The maximum Gasteiger partial charge on any atom is 0.259 e. The molecule has 12 nitrogen and oxygen atoms in total. The lowest BCUT2D eigenvalue weighted by atomic mass is 9.93. The number of benzene rings is 1. The van der Waals surface area contributed by atoms with Crippen molar-refractivity contribution in [3.8, 4) is 22.6 Å². The van der Waals surface area contributed by atoms with E-state index < -0.39 is 0 Å². The molecule has 1 aliphatic heterocycles. The molecule has 230 valence electrons. The van der Waals surface area contributed by atoms with Crippen LogP contribution in [-0.2, 0) is 11.8 Å². The quantitative estimate of drug-likeness (QED) is 0.259. The zero-order valence-corrected chi connectivity index (χ0v) is 26.0. The summed E-state index contributed by atoms with van der Waals surface area (Å²) >= 11 is 13.2. The molecule has 1 saturated heterocycles. The summed E-state index contributed by atoms with van der Waals surface area (Å²) in [7, 11) is 4.56. The molecule has 2 atom stereocenters. The van der Waals surface area contributed by atoms with Crippen molar-refractivity contribution in [3.63, 3.8) is 0 Å². The number of ether oxygens (including phenoxy) is 2. The summed E-state index contributed by atoms with van der Waals surface area (Å²) in [6, 6.07) is 5.15. The van der Waals surface area contributed by atoms with E-state index in [9.17, 15) is 9.59 Å².